The fourth-order valence-electron chi connectivity index (χ4n) is 0.346. The van der Waals surface area contributed by atoms with E-state index < -0.39 is 0 Å². The molecule has 0 fully saturated rings. The standard InChI is InChI=1S/C4H4BrNO2/c5-4-3(1-7)2-8-6-4/h2,7H,1H2. The summed E-state index contributed by atoms with van der Waals surface area (Å²) in [5.41, 5.74) is 0.671. The van der Waals surface area contributed by atoms with Crippen LogP contribution >= 0.6 is 15.9 Å². The van der Waals surface area contributed by atoms with Gasteiger partial charge >= 0.3 is 0 Å². The number of hydrogen-bond donors (Lipinski definition) is 1. The Labute approximate surface area is 54.4 Å². The Balaban J connectivity index is 2.92. The maximum Gasteiger partial charge on any atom is 0.154 e. The molecule has 3 nitrogen and oxygen atoms in total. The van der Waals surface area contributed by atoms with Crippen LogP contribution in [-0.2, 0) is 6.61 Å². The zero-order chi connectivity index (χ0) is 5.98. The SMILES string of the molecule is OCc1conc1Br. The van der Waals surface area contributed by atoms with Crippen LogP contribution in [0.3, 0.4) is 0 Å². The maximum absolute atomic E-state index is 8.48. The molecule has 1 heterocycles. The van der Waals surface area contributed by atoms with Crippen LogP contribution in [0.2, 0.25) is 0 Å². The molecule has 1 rings (SSSR count). The number of hydrogen-bond acceptors (Lipinski definition) is 3. The van der Waals surface area contributed by atoms with Crippen LogP contribution in [0.5, 0.6) is 0 Å². The van der Waals surface area contributed by atoms with Gasteiger partial charge in [0.25, 0.3) is 0 Å². The van der Waals surface area contributed by atoms with Gasteiger partial charge in [-0.15, -0.1) is 0 Å². The number of aliphatic hydroxyl groups excluding tert-OH is 1. The molecule has 44 valence electrons. The van der Waals surface area contributed by atoms with Crippen LogP contribution in [0.15, 0.2) is 15.4 Å². The number of rotatable bonds is 1. The summed E-state index contributed by atoms with van der Waals surface area (Å²) in [6, 6.07) is 0. The molecule has 0 aliphatic rings. The summed E-state index contributed by atoms with van der Waals surface area (Å²) >= 11 is 3.06. The van der Waals surface area contributed by atoms with Gasteiger partial charge in [0.15, 0.2) is 4.60 Å². The van der Waals surface area contributed by atoms with Crippen LogP contribution < -0.4 is 0 Å². The van der Waals surface area contributed by atoms with Crippen LogP contribution in [0.4, 0.5) is 0 Å². The van der Waals surface area contributed by atoms with Gasteiger partial charge in [-0.05, 0) is 15.9 Å². The number of aliphatic hydroxyl groups is 1. The third-order valence-electron chi connectivity index (χ3n) is 0.763. The van der Waals surface area contributed by atoms with Crippen molar-refractivity contribution in [3.05, 3.63) is 16.4 Å². The van der Waals surface area contributed by atoms with Crippen molar-refractivity contribution in [1.29, 1.82) is 0 Å². The van der Waals surface area contributed by atoms with E-state index in [0.717, 1.165) is 0 Å². The molecule has 0 aliphatic carbocycles. The fraction of sp³-hybridized carbons (Fsp3) is 0.250. The number of nitrogens with zero attached hydrogens (tertiary/aromatic N) is 1. The Morgan fingerprint density at radius 2 is 2.62 bits per heavy atom. The van der Waals surface area contributed by atoms with Crippen LogP contribution in [-0.4, -0.2) is 10.3 Å². The van der Waals surface area contributed by atoms with Gasteiger partial charge in [0, 0.05) is 0 Å². The lowest BCUT2D eigenvalue weighted by Crippen LogP contribution is -1.77. The molecular weight excluding hydrogens is 174 g/mol. The zero-order valence-electron chi connectivity index (χ0n) is 3.97. The second-order valence-corrected chi connectivity index (χ2v) is 2.04. The second-order valence-electron chi connectivity index (χ2n) is 1.29. The molecule has 0 atom stereocenters. The van der Waals surface area contributed by atoms with Crippen LogP contribution in [0, 0.1) is 0 Å². The number of halogens is 1. The van der Waals surface area contributed by atoms with E-state index in [0.29, 0.717) is 10.2 Å². The average Bonchev–Trinajstić information content (AvgIpc) is 2.14. The first-order valence-corrected chi connectivity index (χ1v) is 2.83. The highest BCUT2D eigenvalue weighted by molar-refractivity contribution is 9.10. The summed E-state index contributed by atoms with van der Waals surface area (Å²) < 4.78 is 5.05. The molecule has 0 saturated carbocycles. The van der Waals surface area contributed by atoms with Crippen molar-refractivity contribution in [3.8, 4) is 0 Å². The molecule has 0 spiro atoms. The molecule has 0 aliphatic heterocycles. The molecule has 4 heteroatoms. The predicted molar refractivity (Wildman–Crippen MR) is 30.1 cm³/mol. The highest BCUT2D eigenvalue weighted by Gasteiger charge is 1.99. The molecule has 0 amide bonds. The van der Waals surface area contributed by atoms with E-state index in [1.165, 1.54) is 6.26 Å². The third kappa shape index (κ3) is 0.900. The lowest BCUT2D eigenvalue weighted by molar-refractivity contribution is 0.280. The molecule has 0 radical (unpaired) electrons. The van der Waals surface area contributed by atoms with E-state index in [1.54, 1.807) is 0 Å². The quantitative estimate of drug-likeness (QED) is 0.695. The van der Waals surface area contributed by atoms with Crippen molar-refractivity contribution < 1.29 is 9.63 Å². The van der Waals surface area contributed by atoms with E-state index in [-0.39, 0.29) is 6.61 Å². The fourth-order valence-corrected chi connectivity index (χ4v) is 0.648. The summed E-state index contributed by atoms with van der Waals surface area (Å²) in [5, 5.41) is 11.9. The van der Waals surface area contributed by atoms with Gasteiger partial charge in [0.05, 0.1) is 12.2 Å². The Bertz CT molecular complexity index is 174. The normalized spacial score (nSPS) is 9.75. The summed E-state index contributed by atoms with van der Waals surface area (Å²) in [6.07, 6.45) is 1.39. The molecule has 0 aromatic carbocycles. The Morgan fingerprint density at radius 3 is 2.88 bits per heavy atom. The molecular formula is C4H4BrNO2. The van der Waals surface area contributed by atoms with Gasteiger partial charge in [-0.1, -0.05) is 5.16 Å². The smallest absolute Gasteiger partial charge is 0.154 e. The van der Waals surface area contributed by atoms with E-state index in [4.69, 9.17) is 5.11 Å². The van der Waals surface area contributed by atoms with Crippen molar-refractivity contribution in [2.45, 2.75) is 6.61 Å². The first-order chi connectivity index (χ1) is 3.84. The zero-order valence-corrected chi connectivity index (χ0v) is 5.55. The minimum absolute atomic E-state index is 0.0376. The lowest BCUT2D eigenvalue weighted by Gasteiger charge is -1.80. The van der Waals surface area contributed by atoms with Gasteiger partial charge in [-0.3, -0.25) is 0 Å². The van der Waals surface area contributed by atoms with E-state index in [2.05, 4.69) is 25.6 Å². The largest absolute Gasteiger partial charge is 0.391 e. The molecule has 0 bridgehead atoms. The highest BCUT2D eigenvalue weighted by atomic mass is 79.9. The monoisotopic (exact) mass is 177 g/mol. The summed E-state index contributed by atoms with van der Waals surface area (Å²) in [6.45, 7) is -0.0376. The topological polar surface area (TPSA) is 46.3 Å². The third-order valence-corrected chi connectivity index (χ3v) is 1.42. The van der Waals surface area contributed by atoms with Gasteiger partial charge in [0.2, 0.25) is 0 Å². The first-order valence-electron chi connectivity index (χ1n) is 2.04. The van der Waals surface area contributed by atoms with E-state index >= 15 is 0 Å². The van der Waals surface area contributed by atoms with Gasteiger partial charge in [0.1, 0.15) is 6.26 Å². The van der Waals surface area contributed by atoms with Gasteiger partial charge in [-0.25, -0.2) is 0 Å². The van der Waals surface area contributed by atoms with E-state index in [1.807, 2.05) is 0 Å². The molecule has 1 aromatic rings. The Kier molecular flexibility index (Phi) is 1.65. The second kappa shape index (κ2) is 2.28. The molecule has 0 unspecified atom stereocenters. The van der Waals surface area contributed by atoms with Crippen molar-refractivity contribution >= 4 is 15.9 Å². The molecule has 1 N–H and O–H groups in total. The summed E-state index contributed by atoms with van der Waals surface area (Å²) in [4.78, 5) is 0. The Morgan fingerprint density at radius 1 is 1.88 bits per heavy atom. The summed E-state index contributed by atoms with van der Waals surface area (Å²) in [7, 11) is 0. The molecule has 8 heavy (non-hydrogen) atoms. The van der Waals surface area contributed by atoms with Crippen molar-refractivity contribution in [3.63, 3.8) is 0 Å². The van der Waals surface area contributed by atoms with Crippen molar-refractivity contribution in [2.24, 2.45) is 0 Å². The summed E-state index contributed by atoms with van der Waals surface area (Å²) in [5.74, 6) is 0. The lowest BCUT2D eigenvalue weighted by atomic mass is 10.4. The first kappa shape index (κ1) is 5.78. The molecule has 0 saturated heterocycles. The van der Waals surface area contributed by atoms with Gasteiger partial charge < -0.3 is 9.63 Å². The van der Waals surface area contributed by atoms with Gasteiger partial charge in [-0.2, -0.15) is 0 Å². The van der Waals surface area contributed by atoms with Crippen molar-refractivity contribution in [1.82, 2.24) is 5.16 Å². The van der Waals surface area contributed by atoms with Crippen LogP contribution in [0.25, 0.3) is 0 Å². The maximum atomic E-state index is 8.48. The van der Waals surface area contributed by atoms with E-state index in [9.17, 15) is 0 Å². The number of aromatic nitrogens is 1. The average molecular weight is 178 g/mol. The molecule has 1 aromatic heterocycles. The van der Waals surface area contributed by atoms with Crippen molar-refractivity contribution in [2.75, 3.05) is 0 Å². The minimum Gasteiger partial charge on any atom is -0.391 e. The van der Waals surface area contributed by atoms with Crippen LogP contribution in [0.1, 0.15) is 5.56 Å². The Hall–Kier alpha value is -0.350. The predicted octanol–water partition coefficient (Wildman–Crippen LogP) is 0.929. The minimum atomic E-state index is -0.0376. The highest BCUT2D eigenvalue weighted by Crippen LogP contribution is 2.12.